The number of likely N-dealkylation sites (N-methyl/N-ethyl adjacent to an activating group) is 1. The maximum Gasteiger partial charge on any atom is 0.161 e. The average molecular weight is 443 g/mol. The minimum absolute atomic E-state index is 0.740. The molecule has 3 aromatic heterocycles. The number of hydrogen-bond acceptors (Lipinski definition) is 5. The summed E-state index contributed by atoms with van der Waals surface area (Å²) in [6.07, 6.45) is 5.71. The van der Waals surface area contributed by atoms with Crippen LogP contribution in [0.4, 0.5) is 0 Å². The Morgan fingerprint density at radius 1 is 0.781 bits per heavy atom. The molecule has 0 spiro atoms. The molecule has 9 nitrogen and oxygen atoms in total. The molecule has 0 aliphatic heterocycles. The van der Waals surface area contributed by atoms with E-state index >= 15 is 0 Å². The van der Waals surface area contributed by atoms with Crippen molar-refractivity contribution in [1.29, 1.82) is 0 Å². The Morgan fingerprint density at radius 3 is 1.72 bits per heavy atom. The summed E-state index contributed by atoms with van der Waals surface area (Å²) in [6, 6.07) is 0. The van der Waals surface area contributed by atoms with E-state index in [2.05, 4.69) is 67.8 Å². The van der Waals surface area contributed by atoms with Gasteiger partial charge in [-0.25, -0.2) is 15.0 Å². The van der Waals surface area contributed by atoms with Crippen molar-refractivity contribution in [3.05, 3.63) is 53.1 Å². The number of aromatic nitrogens is 6. The summed E-state index contributed by atoms with van der Waals surface area (Å²) >= 11 is 0. The summed E-state index contributed by atoms with van der Waals surface area (Å²) in [5.41, 5.74) is 3.29. The molecule has 3 rings (SSSR count). The molecular weight excluding hydrogens is 402 g/mol. The molecule has 0 fully saturated rings. The molecule has 0 radical (unpaired) electrons. The van der Waals surface area contributed by atoms with Crippen molar-refractivity contribution in [2.24, 2.45) is 0 Å². The Bertz CT molecular complexity index is 893. The van der Waals surface area contributed by atoms with Crippen molar-refractivity contribution in [3.8, 4) is 0 Å². The fourth-order valence-electron chi connectivity index (χ4n) is 4.19. The smallest absolute Gasteiger partial charge is 0.161 e. The van der Waals surface area contributed by atoms with Gasteiger partial charge in [0.05, 0.1) is 19.6 Å². The van der Waals surface area contributed by atoms with E-state index in [9.17, 15) is 0 Å². The van der Waals surface area contributed by atoms with Gasteiger partial charge in [0.15, 0.2) is 11.6 Å². The maximum atomic E-state index is 4.64. The third kappa shape index (κ3) is 7.01. The zero-order chi connectivity index (χ0) is 23.0. The van der Waals surface area contributed by atoms with E-state index in [0.29, 0.717) is 0 Å². The standard InChI is InChI=1S/C23H40N9/c1-6-31(7-2)9-11-32(16-22-26-13-19(4)29-22,17-23-27-14-20(5)30-23)10-8-24-15-21-25-12-18(3)28-21/h12-14,24H,6-11,15-17H2,1-5H3,(H,25,28)(H,26,29)(H,27,30)/q+1. The highest BCUT2D eigenvalue weighted by Gasteiger charge is 2.31. The number of quaternary nitrogens is 1. The molecule has 9 heteroatoms. The number of rotatable bonds is 14. The Labute approximate surface area is 191 Å². The Morgan fingerprint density at radius 2 is 1.28 bits per heavy atom. The van der Waals surface area contributed by atoms with Crippen LogP contribution in [0.1, 0.15) is 48.4 Å². The lowest BCUT2D eigenvalue weighted by Crippen LogP contribution is -2.53. The van der Waals surface area contributed by atoms with Crippen molar-refractivity contribution >= 4 is 0 Å². The van der Waals surface area contributed by atoms with Crippen molar-refractivity contribution < 1.29 is 4.48 Å². The van der Waals surface area contributed by atoms with Crippen LogP contribution in [0, 0.1) is 20.8 Å². The normalized spacial score (nSPS) is 12.2. The van der Waals surface area contributed by atoms with Gasteiger partial charge in [0.1, 0.15) is 18.9 Å². The van der Waals surface area contributed by atoms with Crippen LogP contribution in [0.25, 0.3) is 0 Å². The second-order valence-corrected chi connectivity index (χ2v) is 8.85. The number of aromatic amines is 3. The van der Waals surface area contributed by atoms with Gasteiger partial charge in [-0.3, -0.25) is 4.90 Å². The lowest BCUT2D eigenvalue weighted by Gasteiger charge is -2.39. The molecule has 0 amide bonds. The average Bonchev–Trinajstić information content (AvgIpc) is 3.48. The fraction of sp³-hybridized carbons (Fsp3) is 0.609. The van der Waals surface area contributed by atoms with Gasteiger partial charge in [0.25, 0.3) is 0 Å². The predicted octanol–water partition coefficient (Wildman–Crippen LogP) is 2.43. The molecule has 0 atom stereocenters. The monoisotopic (exact) mass is 442 g/mol. The lowest BCUT2D eigenvalue weighted by atomic mass is 10.2. The van der Waals surface area contributed by atoms with E-state index in [-0.39, 0.29) is 0 Å². The van der Waals surface area contributed by atoms with Crippen LogP contribution in [0.2, 0.25) is 0 Å². The van der Waals surface area contributed by atoms with E-state index in [1.807, 2.05) is 25.5 Å². The van der Waals surface area contributed by atoms with Crippen molar-refractivity contribution in [2.75, 3.05) is 39.3 Å². The number of H-pyrrole nitrogens is 3. The summed E-state index contributed by atoms with van der Waals surface area (Å²) in [7, 11) is 0. The summed E-state index contributed by atoms with van der Waals surface area (Å²) in [5.74, 6) is 3.05. The zero-order valence-electron chi connectivity index (χ0n) is 20.3. The number of nitrogens with zero attached hydrogens (tertiary/aromatic N) is 5. The van der Waals surface area contributed by atoms with Crippen LogP contribution in [-0.2, 0) is 19.6 Å². The first-order valence-corrected chi connectivity index (χ1v) is 11.7. The minimum atomic E-state index is 0.740. The number of aryl methyl sites for hydroxylation is 3. The molecule has 0 unspecified atom stereocenters. The van der Waals surface area contributed by atoms with Gasteiger partial charge >= 0.3 is 0 Å². The summed E-state index contributed by atoms with van der Waals surface area (Å²) in [4.78, 5) is 26.4. The Balaban J connectivity index is 1.77. The highest BCUT2D eigenvalue weighted by Crippen LogP contribution is 2.18. The van der Waals surface area contributed by atoms with Crippen LogP contribution < -0.4 is 5.32 Å². The van der Waals surface area contributed by atoms with Gasteiger partial charge in [-0.2, -0.15) is 0 Å². The molecule has 0 saturated carbocycles. The van der Waals surface area contributed by atoms with Crippen LogP contribution in [0.3, 0.4) is 0 Å². The lowest BCUT2D eigenvalue weighted by molar-refractivity contribution is -0.953. The summed E-state index contributed by atoms with van der Waals surface area (Å²) < 4.78 is 0.876. The molecular formula is C23H40N9+. The van der Waals surface area contributed by atoms with Crippen LogP contribution in [0.15, 0.2) is 18.6 Å². The molecule has 0 saturated heterocycles. The number of nitrogens with one attached hydrogen (secondary N) is 4. The quantitative estimate of drug-likeness (QED) is 0.227. The predicted molar refractivity (Wildman–Crippen MR) is 127 cm³/mol. The summed E-state index contributed by atoms with van der Waals surface area (Å²) in [5, 5.41) is 3.58. The van der Waals surface area contributed by atoms with Crippen molar-refractivity contribution in [2.45, 2.75) is 54.3 Å². The largest absolute Gasteiger partial charge is 0.345 e. The first kappa shape index (κ1) is 24.2. The number of hydrogen-bond donors (Lipinski definition) is 4. The Hall–Kier alpha value is -2.49. The van der Waals surface area contributed by atoms with Gasteiger partial charge in [0.2, 0.25) is 0 Å². The third-order valence-corrected chi connectivity index (χ3v) is 6.08. The fourth-order valence-corrected chi connectivity index (χ4v) is 4.19. The van der Waals surface area contributed by atoms with Gasteiger partial charge in [-0.15, -0.1) is 0 Å². The summed E-state index contributed by atoms with van der Waals surface area (Å²) in [6.45, 7) is 19.1. The molecule has 0 aromatic carbocycles. The van der Waals surface area contributed by atoms with E-state index < -0.39 is 0 Å². The van der Waals surface area contributed by atoms with E-state index in [4.69, 9.17) is 0 Å². The van der Waals surface area contributed by atoms with Crippen molar-refractivity contribution in [3.63, 3.8) is 0 Å². The maximum absolute atomic E-state index is 4.64. The van der Waals surface area contributed by atoms with E-state index in [1.54, 1.807) is 0 Å². The van der Waals surface area contributed by atoms with E-state index in [1.165, 1.54) is 0 Å². The van der Waals surface area contributed by atoms with Crippen molar-refractivity contribution in [1.82, 2.24) is 40.1 Å². The molecule has 0 aliphatic rings. The second kappa shape index (κ2) is 11.4. The minimum Gasteiger partial charge on any atom is -0.345 e. The topological polar surface area (TPSA) is 101 Å². The Kier molecular flexibility index (Phi) is 8.60. The molecule has 0 bridgehead atoms. The van der Waals surface area contributed by atoms with Crippen LogP contribution >= 0.6 is 0 Å². The zero-order valence-corrected chi connectivity index (χ0v) is 20.3. The van der Waals surface area contributed by atoms with E-state index in [0.717, 1.165) is 97.9 Å². The number of imidazole rings is 3. The molecule has 32 heavy (non-hydrogen) atoms. The van der Waals surface area contributed by atoms with Gasteiger partial charge in [0, 0.05) is 48.8 Å². The SMILES string of the molecule is CCN(CC)CC[N+](CCNCc1ncc(C)[nH]1)(Cc1ncc(C)[nH]1)Cc1ncc(C)[nH]1. The molecule has 4 N–H and O–H groups in total. The second-order valence-electron chi connectivity index (χ2n) is 8.85. The van der Waals surface area contributed by atoms with Crippen LogP contribution in [-0.4, -0.2) is 78.6 Å². The molecule has 3 aromatic rings. The molecule has 0 aliphatic carbocycles. The van der Waals surface area contributed by atoms with Gasteiger partial charge in [-0.05, 0) is 33.9 Å². The van der Waals surface area contributed by atoms with Crippen LogP contribution in [0.5, 0.6) is 0 Å². The van der Waals surface area contributed by atoms with Gasteiger partial charge in [-0.1, -0.05) is 13.8 Å². The molecule has 3 heterocycles. The first-order valence-electron chi connectivity index (χ1n) is 11.7. The first-order chi connectivity index (χ1) is 15.4. The van der Waals surface area contributed by atoms with Gasteiger partial charge < -0.3 is 24.8 Å². The highest BCUT2D eigenvalue weighted by atomic mass is 15.4. The highest BCUT2D eigenvalue weighted by molar-refractivity contribution is 5.00. The molecule has 176 valence electrons. The third-order valence-electron chi connectivity index (χ3n) is 6.08.